The second-order valence-corrected chi connectivity index (χ2v) is 6.01. The van der Waals surface area contributed by atoms with Gasteiger partial charge in [0.25, 0.3) is 11.5 Å². The lowest BCUT2D eigenvalue weighted by Crippen LogP contribution is -2.44. The molecule has 1 amide bonds. The highest BCUT2D eigenvalue weighted by Gasteiger charge is 2.33. The van der Waals surface area contributed by atoms with Gasteiger partial charge < -0.3 is 4.90 Å². The lowest BCUT2D eigenvalue weighted by atomic mass is 9.95. The molecule has 6 heteroatoms. The molecule has 128 valence electrons. The number of fused-ring (bicyclic) bond motifs is 1. The molecule has 0 spiro atoms. The van der Waals surface area contributed by atoms with Gasteiger partial charge in [0, 0.05) is 12.6 Å². The van der Waals surface area contributed by atoms with E-state index in [0.717, 1.165) is 5.56 Å². The van der Waals surface area contributed by atoms with Crippen LogP contribution in [0.5, 0.6) is 0 Å². The molecule has 0 unspecified atom stereocenters. The minimum Gasteiger partial charge on any atom is -0.310 e. The summed E-state index contributed by atoms with van der Waals surface area (Å²) in [6.07, 6.45) is 1.65. The number of amides is 1. The van der Waals surface area contributed by atoms with Crippen LogP contribution >= 0.6 is 0 Å². The first-order chi connectivity index (χ1) is 12.6. The van der Waals surface area contributed by atoms with Gasteiger partial charge in [-0.1, -0.05) is 42.5 Å². The Morgan fingerprint density at radius 2 is 1.58 bits per heavy atom. The van der Waals surface area contributed by atoms with Crippen molar-refractivity contribution in [2.75, 3.05) is 11.9 Å². The van der Waals surface area contributed by atoms with Crippen LogP contribution in [-0.2, 0) is 4.79 Å². The second-order valence-electron chi connectivity index (χ2n) is 6.01. The minimum absolute atomic E-state index is 0.0493. The SMILES string of the molecule is CN1C(=O)C(=c2[nH][nH]c(=O)/c2=C\c2ccccc2)C(=O)c2ccccc21. The molecule has 4 rings (SSSR count). The van der Waals surface area contributed by atoms with E-state index in [9.17, 15) is 14.4 Å². The normalized spacial score (nSPS) is 16.8. The van der Waals surface area contributed by atoms with Crippen molar-refractivity contribution in [3.8, 4) is 0 Å². The Morgan fingerprint density at radius 3 is 2.35 bits per heavy atom. The Kier molecular flexibility index (Phi) is 3.65. The van der Waals surface area contributed by atoms with Crippen LogP contribution in [0.25, 0.3) is 11.6 Å². The molecule has 26 heavy (non-hydrogen) atoms. The van der Waals surface area contributed by atoms with E-state index in [1.54, 1.807) is 37.4 Å². The summed E-state index contributed by atoms with van der Waals surface area (Å²) in [4.78, 5) is 39.5. The van der Waals surface area contributed by atoms with Crippen molar-refractivity contribution in [3.05, 3.63) is 86.6 Å². The molecule has 1 aliphatic heterocycles. The van der Waals surface area contributed by atoms with Crippen LogP contribution in [0.15, 0.2) is 59.4 Å². The third kappa shape index (κ3) is 2.39. The zero-order valence-electron chi connectivity index (χ0n) is 13.9. The summed E-state index contributed by atoms with van der Waals surface area (Å²) < 4.78 is 0. The average molecular weight is 345 g/mol. The van der Waals surface area contributed by atoms with Crippen molar-refractivity contribution >= 4 is 29.0 Å². The van der Waals surface area contributed by atoms with Crippen LogP contribution in [0.4, 0.5) is 5.69 Å². The van der Waals surface area contributed by atoms with Crippen LogP contribution < -0.4 is 21.0 Å². The molecule has 0 fully saturated rings. The molecule has 1 aromatic heterocycles. The number of anilines is 1. The van der Waals surface area contributed by atoms with Gasteiger partial charge in [-0.3, -0.25) is 24.6 Å². The maximum Gasteiger partial charge on any atom is 0.271 e. The van der Waals surface area contributed by atoms with Crippen molar-refractivity contribution in [2.45, 2.75) is 0 Å². The highest BCUT2D eigenvalue weighted by molar-refractivity contribution is 6.51. The molecule has 1 aliphatic rings. The molecule has 0 saturated heterocycles. The lowest BCUT2D eigenvalue weighted by Gasteiger charge is -2.25. The number of rotatable bonds is 1. The van der Waals surface area contributed by atoms with Crippen LogP contribution in [0.3, 0.4) is 0 Å². The first kappa shape index (κ1) is 15.8. The summed E-state index contributed by atoms with van der Waals surface area (Å²) in [6, 6.07) is 16.2. The fourth-order valence-electron chi connectivity index (χ4n) is 3.11. The highest BCUT2D eigenvalue weighted by atomic mass is 16.2. The van der Waals surface area contributed by atoms with Gasteiger partial charge >= 0.3 is 0 Å². The van der Waals surface area contributed by atoms with Crippen molar-refractivity contribution in [1.29, 1.82) is 0 Å². The highest BCUT2D eigenvalue weighted by Crippen LogP contribution is 2.28. The van der Waals surface area contributed by atoms with Crippen molar-refractivity contribution in [2.24, 2.45) is 0 Å². The van der Waals surface area contributed by atoms with Crippen LogP contribution in [0.2, 0.25) is 0 Å². The van der Waals surface area contributed by atoms with E-state index < -0.39 is 17.2 Å². The van der Waals surface area contributed by atoms with Gasteiger partial charge in [0.15, 0.2) is 0 Å². The first-order valence-corrected chi connectivity index (χ1v) is 8.07. The number of nitrogens with zero attached hydrogens (tertiary/aromatic N) is 1. The Labute approximate surface area is 148 Å². The Bertz CT molecular complexity index is 1200. The maximum atomic E-state index is 13.0. The fraction of sp³-hybridized carbons (Fsp3) is 0.0500. The molecule has 2 heterocycles. The molecule has 0 atom stereocenters. The topological polar surface area (TPSA) is 86.0 Å². The average Bonchev–Trinajstić information content (AvgIpc) is 3.01. The van der Waals surface area contributed by atoms with Gasteiger partial charge in [0.05, 0.1) is 16.3 Å². The number of aromatic amines is 2. The molecular formula is C20H15N3O3. The fourth-order valence-corrected chi connectivity index (χ4v) is 3.11. The summed E-state index contributed by atoms with van der Waals surface area (Å²) in [5, 5.41) is 5.64. The Balaban J connectivity index is 2.06. The summed E-state index contributed by atoms with van der Waals surface area (Å²) >= 11 is 0. The zero-order chi connectivity index (χ0) is 18.3. The lowest BCUT2D eigenvalue weighted by molar-refractivity contribution is -0.113. The monoisotopic (exact) mass is 345 g/mol. The molecule has 6 nitrogen and oxygen atoms in total. The van der Waals surface area contributed by atoms with E-state index in [-0.39, 0.29) is 16.1 Å². The zero-order valence-corrected chi connectivity index (χ0v) is 13.9. The predicted molar refractivity (Wildman–Crippen MR) is 98.3 cm³/mol. The largest absolute Gasteiger partial charge is 0.310 e. The van der Waals surface area contributed by atoms with E-state index in [0.29, 0.717) is 11.3 Å². The van der Waals surface area contributed by atoms with E-state index in [2.05, 4.69) is 10.2 Å². The number of aromatic nitrogens is 2. The van der Waals surface area contributed by atoms with E-state index in [1.165, 1.54) is 4.90 Å². The van der Waals surface area contributed by atoms with Crippen LogP contribution in [0, 0.1) is 0 Å². The number of nitrogens with one attached hydrogen (secondary N) is 2. The van der Waals surface area contributed by atoms with Gasteiger partial charge in [-0.15, -0.1) is 0 Å². The molecule has 2 aromatic carbocycles. The summed E-state index contributed by atoms with van der Waals surface area (Å²) in [5.74, 6) is -0.853. The van der Waals surface area contributed by atoms with Gasteiger partial charge in [0.1, 0.15) is 5.57 Å². The van der Waals surface area contributed by atoms with Crippen molar-refractivity contribution in [1.82, 2.24) is 10.2 Å². The number of H-pyrrole nitrogens is 2. The van der Waals surface area contributed by atoms with Crippen molar-refractivity contribution < 1.29 is 9.59 Å². The number of carbonyl (C=O) groups is 2. The number of Topliss-reactive ketones (excluding diaryl/α,β-unsaturated/α-hetero) is 1. The number of ketones is 1. The van der Waals surface area contributed by atoms with Crippen LogP contribution in [-0.4, -0.2) is 28.9 Å². The summed E-state index contributed by atoms with van der Waals surface area (Å²) in [5.41, 5.74) is 1.34. The number of carbonyl (C=O) groups excluding carboxylic acids is 2. The second kappa shape index (κ2) is 6.00. The molecular weight excluding hydrogens is 330 g/mol. The number of para-hydroxylation sites is 1. The molecule has 0 saturated carbocycles. The van der Waals surface area contributed by atoms with E-state index >= 15 is 0 Å². The smallest absolute Gasteiger partial charge is 0.271 e. The number of hydrogen-bond donors (Lipinski definition) is 2. The third-order valence-electron chi connectivity index (χ3n) is 4.43. The predicted octanol–water partition coefficient (Wildman–Crippen LogP) is 0.542. The third-order valence-corrected chi connectivity index (χ3v) is 4.43. The number of hydrogen-bond acceptors (Lipinski definition) is 3. The Morgan fingerprint density at radius 1 is 0.885 bits per heavy atom. The van der Waals surface area contributed by atoms with Gasteiger partial charge in [-0.05, 0) is 23.8 Å². The molecule has 0 radical (unpaired) electrons. The summed E-state index contributed by atoms with van der Waals surface area (Å²) in [7, 11) is 1.61. The standard InChI is InChI=1S/C20H15N3O3/c1-23-15-10-6-5-9-13(15)18(24)16(20(23)26)17-14(19(25)22-21-17)11-12-7-3-2-4-8-12/h2-11,21H,1H3,(H,22,25)/b14-11-,17-16?. The van der Waals surface area contributed by atoms with E-state index in [4.69, 9.17) is 0 Å². The molecule has 3 aromatic rings. The van der Waals surface area contributed by atoms with E-state index in [1.807, 2.05) is 30.3 Å². The molecule has 2 N–H and O–H groups in total. The minimum atomic E-state index is -0.452. The first-order valence-electron chi connectivity index (χ1n) is 8.07. The van der Waals surface area contributed by atoms with Crippen LogP contribution in [0.1, 0.15) is 15.9 Å². The van der Waals surface area contributed by atoms with Gasteiger partial charge in [-0.25, -0.2) is 0 Å². The van der Waals surface area contributed by atoms with Gasteiger partial charge in [0.2, 0.25) is 5.78 Å². The quantitative estimate of drug-likeness (QED) is 0.675. The van der Waals surface area contributed by atoms with Crippen molar-refractivity contribution in [3.63, 3.8) is 0 Å². The maximum absolute atomic E-state index is 13.0. The van der Waals surface area contributed by atoms with Gasteiger partial charge in [-0.2, -0.15) is 0 Å². The Hall–Kier alpha value is -3.67. The molecule has 0 bridgehead atoms. The summed E-state index contributed by atoms with van der Waals surface area (Å²) in [6.45, 7) is 0. The molecule has 0 aliphatic carbocycles. The number of benzene rings is 2.